The van der Waals surface area contributed by atoms with Gasteiger partial charge in [-0.05, 0) is 37.3 Å². The van der Waals surface area contributed by atoms with E-state index in [9.17, 15) is 4.79 Å². The molecule has 0 spiro atoms. The first kappa shape index (κ1) is 14.1. The molecule has 112 valence electrons. The zero-order valence-corrected chi connectivity index (χ0v) is 12.8. The van der Waals surface area contributed by atoms with Crippen LogP contribution in [0.3, 0.4) is 0 Å². The van der Waals surface area contributed by atoms with Gasteiger partial charge in [0, 0.05) is 13.1 Å². The second kappa shape index (κ2) is 5.52. The number of aromatic amines is 1. The van der Waals surface area contributed by atoms with Gasteiger partial charge in [0.25, 0.3) is 5.88 Å². The van der Waals surface area contributed by atoms with Gasteiger partial charge in [0.1, 0.15) is 5.15 Å². The molecule has 0 aromatic carbocycles. The largest absolute Gasteiger partial charge is 0.416 e. The Morgan fingerprint density at radius 2 is 2.19 bits per heavy atom. The molecule has 0 aliphatic carbocycles. The van der Waals surface area contributed by atoms with Gasteiger partial charge in [-0.3, -0.25) is 5.10 Å². The second-order valence-electron chi connectivity index (χ2n) is 5.55. The van der Waals surface area contributed by atoms with Gasteiger partial charge in [-0.2, -0.15) is 0 Å². The average molecular weight is 309 g/mol. The number of carbonyl (C=O) groups is 1. The minimum atomic E-state index is -0.357. The number of carbonyl (C=O) groups excluding carboxylic acids is 1. The Morgan fingerprint density at radius 1 is 1.48 bits per heavy atom. The topological polar surface area (TPSA) is 71.1 Å². The van der Waals surface area contributed by atoms with Crippen molar-refractivity contribution in [3.8, 4) is 5.88 Å². The molecule has 3 rings (SSSR count). The van der Waals surface area contributed by atoms with Crippen LogP contribution in [0, 0.1) is 12.8 Å². The van der Waals surface area contributed by atoms with Crippen molar-refractivity contribution in [3.05, 3.63) is 16.8 Å². The lowest BCUT2D eigenvalue weighted by Crippen LogP contribution is -2.39. The van der Waals surface area contributed by atoms with Crippen LogP contribution in [-0.4, -0.2) is 39.3 Å². The predicted molar refractivity (Wildman–Crippen MR) is 79.6 cm³/mol. The normalized spacial score (nSPS) is 16.4. The maximum absolute atomic E-state index is 12.2. The highest BCUT2D eigenvalue weighted by atomic mass is 35.5. The predicted octanol–water partition coefficient (Wildman–Crippen LogP) is 3.15. The number of nitrogens with one attached hydrogen (secondary N) is 1. The molecule has 6 nitrogen and oxygen atoms in total. The van der Waals surface area contributed by atoms with Gasteiger partial charge in [-0.25, -0.2) is 9.78 Å². The van der Waals surface area contributed by atoms with E-state index in [0.717, 1.165) is 31.5 Å². The smallest absolute Gasteiger partial charge is 0.389 e. The highest BCUT2D eigenvalue weighted by molar-refractivity contribution is 6.29. The summed E-state index contributed by atoms with van der Waals surface area (Å²) in [6.45, 7) is 5.53. The summed E-state index contributed by atoms with van der Waals surface area (Å²) in [5, 5.41) is 7.85. The number of ether oxygens (including phenoxy) is 1. The molecule has 2 aromatic rings. The van der Waals surface area contributed by atoms with E-state index in [0.29, 0.717) is 22.1 Å². The van der Waals surface area contributed by atoms with Crippen molar-refractivity contribution in [2.24, 2.45) is 5.92 Å². The van der Waals surface area contributed by atoms with Gasteiger partial charge in [0.15, 0.2) is 5.65 Å². The first-order chi connectivity index (χ1) is 10.0. The number of halogens is 1. The van der Waals surface area contributed by atoms with Crippen LogP contribution in [0.5, 0.6) is 5.88 Å². The molecule has 2 aromatic heterocycles. The molecule has 21 heavy (non-hydrogen) atoms. The van der Waals surface area contributed by atoms with E-state index in [4.69, 9.17) is 16.3 Å². The van der Waals surface area contributed by atoms with Crippen molar-refractivity contribution in [1.29, 1.82) is 0 Å². The monoisotopic (exact) mass is 308 g/mol. The first-order valence-electron chi connectivity index (χ1n) is 7.02. The third-order valence-electron chi connectivity index (χ3n) is 3.89. The summed E-state index contributed by atoms with van der Waals surface area (Å²) in [5.41, 5.74) is 1.39. The van der Waals surface area contributed by atoms with Gasteiger partial charge in [-0.15, -0.1) is 5.10 Å². The molecule has 0 bridgehead atoms. The maximum atomic E-state index is 12.2. The van der Waals surface area contributed by atoms with Gasteiger partial charge in [0.2, 0.25) is 0 Å². The number of likely N-dealkylation sites (tertiary alicyclic amines) is 1. The maximum Gasteiger partial charge on any atom is 0.416 e. The molecule has 0 atom stereocenters. The second-order valence-corrected chi connectivity index (χ2v) is 5.94. The Labute approximate surface area is 127 Å². The molecule has 7 heteroatoms. The van der Waals surface area contributed by atoms with E-state index in [-0.39, 0.29) is 12.0 Å². The molecular formula is C14H17ClN4O2. The Morgan fingerprint density at radius 3 is 2.90 bits per heavy atom. The summed E-state index contributed by atoms with van der Waals surface area (Å²) >= 11 is 5.90. The first-order valence-corrected chi connectivity index (χ1v) is 7.40. The van der Waals surface area contributed by atoms with Crippen molar-refractivity contribution >= 4 is 28.7 Å². The van der Waals surface area contributed by atoms with Crippen LogP contribution in [0.1, 0.15) is 25.3 Å². The lowest BCUT2D eigenvalue weighted by molar-refractivity contribution is 0.132. The summed E-state index contributed by atoms with van der Waals surface area (Å²) in [6.07, 6.45) is 1.66. The molecule has 0 unspecified atom stereocenters. The number of hydrogen-bond donors (Lipinski definition) is 1. The number of H-pyrrole nitrogens is 1. The molecule has 0 saturated carbocycles. The SMILES string of the molecule is Cc1cc(Cl)nc2[nH]nc(OC(=O)N3CCC(C)CC3)c12. The van der Waals surface area contributed by atoms with Crippen molar-refractivity contribution in [3.63, 3.8) is 0 Å². The highest BCUT2D eigenvalue weighted by Crippen LogP contribution is 2.27. The summed E-state index contributed by atoms with van der Waals surface area (Å²) < 4.78 is 5.42. The molecular weight excluding hydrogens is 292 g/mol. The number of piperidine rings is 1. The fourth-order valence-corrected chi connectivity index (χ4v) is 2.80. The van der Waals surface area contributed by atoms with Crippen molar-refractivity contribution in [1.82, 2.24) is 20.1 Å². The lowest BCUT2D eigenvalue weighted by Gasteiger charge is -2.29. The molecule has 1 fully saturated rings. The van der Waals surface area contributed by atoms with Crippen LogP contribution in [0.2, 0.25) is 5.15 Å². The van der Waals surface area contributed by atoms with Crippen molar-refractivity contribution in [2.75, 3.05) is 13.1 Å². The number of rotatable bonds is 1. The van der Waals surface area contributed by atoms with E-state index in [1.807, 2.05) is 6.92 Å². The van der Waals surface area contributed by atoms with Gasteiger partial charge < -0.3 is 9.64 Å². The van der Waals surface area contributed by atoms with Crippen LogP contribution in [0.25, 0.3) is 11.0 Å². The minimum absolute atomic E-state index is 0.260. The molecule has 1 saturated heterocycles. The Hall–Kier alpha value is -1.82. The van der Waals surface area contributed by atoms with Crippen LogP contribution in [0.4, 0.5) is 4.79 Å². The van der Waals surface area contributed by atoms with Crippen molar-refractivity contribution < 1.29 is 9.53 Å². The standard InChI is InChI=1S/C14H17ClN4O2/c1-8-3-5-19(6-4-8)14(20)21-13-11-9(2)7-10(15)16-12(11)17-18-13/h7-8H,3-6H2,1-2H3,(H,16,17,18). The fraction of sp³-hybridized carbons (Fsp3) is 0.500. The quantitative estimate of drug-likeness (QED) is 0.821. The van der Waals surface area contributed by atoms with Crippen LogP contribution in [0.15, 0.2) is 6.07 Å². The third-order valence-corrected chi connectivity index (χ3v) is 4.08. The minimum Gasteiger partial charge on any atom is -0.389 e. The number of amides is 1. The fourth-order valence-electron chi connectivity index (χ4n) is 2.56. The summed E-state index contributed by atoms with van der Waals surface area (Å²) in [7, 11) is 0. The zero-order chi connectivity index (χ0) is 15.0. The number of aryl methyl sites for hydroxylation is 1. The lowest BCUT2D eigenvalue weighted by atomic mass is 10.00. The van der Waals surface area contributed by atoms with E-state index in [1.165, 1.54) is 0 Å². The molecule has 1 aliphatic rings. The third kappa shape index (κ3) is 2.81. The van der Waals surface area contributed by atoms with Crippen molar-refractivity contribution in [2.45, 2.75) is 26.7 Å². The van der Waals surface area contributed by atoms with E-state index < -0.39 is 0 Å². The van der Waals surface area contributed by atoms with E-state index in [2.05, 4.69) is 22.1 Å². The number of pyridine rings is 1. The van der Waals surface area contributed by atoms with Gasteiger partial charge >= 0.3 is 6.09 Å². The molecule has 1 aliphatic heterocycles. The van der Waals surface area contributed by atoms with Crippen LogP contribution in [-0.2, 0) is 0 Å². The molecule has 3 heterocycles. The van der Waals surface area contributed by atoms with E-state index >= 15 is 0 Å². The number of hydrogen-bond acceptors (Lipinski definition) is 4. The summed E-state index contributed by atoms with van der Waals surface area (Å²) in [5.74, 6) is 0.920. The Balaban J connectivity index is 1.80. The Bertz CT molecular complexity index is 677. The highest BCUT2D eigenvalue weighted by Gasteiger charge is 2.23. The molecule has 1 N–H and O–H groups in total. The summed E-state index contributed by atoms with van der Waals surface area (Å²) in [4.78, 5) is 18.0. The molecule has 1 amide bonds. The zero-order valence-electron chi connectivity index (χ0n) is 12.0. The van der Waals surface area contributed by atoms with Crippen LogP contribution < -0.4 is 4.74 Å². The van der Waals surface area contributed by atoms with Gasteiger partial charge in [-0.1, -0.05) is 18.5 Å². The van der Waals surface area contributed by atoms with E-state index in [1.54, 1.807) is 11.0 Å². The number of aromatic nitrogens is 3. The van der Waals surface area contributed by atoms with Gasteiger partial charge in [0.05, 0.1) is 5.39 Å². The van der Waals surface area contributed by atoms with Crippen LogP contribution >= 0.6 is 11.6 Å². The number of nitrogens with zero attached hydrogens (tertiary/aromatic N) is 3. The molecule has 0 radical (unpaired) electrons. The Kier molecular flexibility index (Phi) is 3.71. The number of fused-ring (bicyclic) bond motifs is 1. The summed E-state index contributed by atoms with van der Waals surface area (Å²) in [6, 6.07) is 1.72. The average Bonchev–Trinajstić information content (AvgIpc) is 2.82.